The molecule has 3 rings (SSSR count). The molecule has 2 aromatic carbocycles. The van der Waals surface area contributed by atoms with Crippen molar-refractivity contribution >= 4 is 34.6 Å². The number of halogens is 2. The smallest absolute Gasteiger partial charge is 0.161 e. The van der Waals surface area contributed by atoms with E-state index in [9.17, 15) is 5.26 Å². The van der Waals surface area contributed by atoms with Crippen molar-refractivity contribution in [3.8, 4) is 34.4 Å². The Kier molecular flexibility index (Phi) is 7.42. The van der Waals surface area contributed by atoms with E-state index >= 15 is 0 Å². The maximum atomic E-state index is 9.65. The monoisotopic (exact) mass is 459 g/mol. The number of nitrogens with zero attached hydrogens (tertiary/aromatic N) is 2. The average molecular weight is 460 g/mol. The summed E-state index contributed by atoms with van der Waals surface area (Å²) in [6, 6.07) is 10.7. The Balaban J connectivity index is 2.10. The summed E-state index contributed by atoms with van der Waals surface area (Å²) in [5.74, 6) is 1.47. The number of benzene rings is 2. The second-order valence-electron chi connectivity index (χ2n) is 6.25. The van der Waals surface area contributed by atoms with Crippen molar-refractivity contribution < 1.29 is 19.3 Å². The molecule has 0 aliphatic carbocycles. The summed E-state index contributed by atoms with van der Waals surface area (Å²) in [5, 5.41) is 22.5. The molecular formula is C22H19Cl2N3O4. The summed E-state index contributed by atoms with van der Waals surface area (Å²) in [7, 11) is 3.10. The SMILES string of the molecule is COc1ccc(-c2cncc(C#N)c2Nc2cc(OCCO)c(Cl)cc2Cl)cc1OC. The molecule has 9 heteroatoms. The van der Waals surface area contributed by atoms with Gasteiger partial charge in [0.2, 0.25) is 0 Å². The molecule has 31 heavy (non-hydrogen) atoms. The highest BCUT2D eigenvalue weighted by molar-refractivity contribution is 6.37. The first-order chi connectivity index (χ1) is 15.0. The van der Waals surface area contributed by atoms with E-state index in [1.54, 1.807) is 38.6 Å². The van der Waals surface area contributed by atoms with Crippen molar-refractivity contribution in [2.75, 3.05) is 32.8 Å². The number of aliphatic hydroxyl groups is 1. The molecular weight excluding hydrogens is 441 g/mol. The van der Waals surface area contributed by atoms with E-state index < -0.39 is 0 Å². The van der Waals surface area contributed by atoms with E-state index in [0.29, 0.717) is 49.8 Å². The molecule has 3 aromatic rings. The predicted octanol–water partition coefficient (Wildman–Crippen LogP) is 5.06. The molecule has 1 aromatic heterocycles. The third kappa shape index (κ3) is 4.94. The number of hydrogen-bond donors (Lipinski definition) is 2. The molecule has 0 fully saturated rings. The second kappa shape index (κ2) is 10.2. The third-order valence-corrected chi connectivity index (χ3v) is 5.00. The molecule has 0 spiro atoms. The van der Waals surface area contributed by atoms with Crippen LogP contribution in [-0.2, 0) is 0 Å². The highest BCUT2D eigenvalue weighted by Crippen LogP contribution is 2.40. The van der Waals surface area contributed by atoms with Crippen LogP contribution < -0.4 is 19.5 Å². The van der Waals surface area contributed by atoms with Crippen LogP contribution in [0, 0.1) is 11.3 Å². The molecule has 0 unspecified atom stereocenters. The van der Waals surface area contributed by atoms with Crippen molar-refractivity contribution in [3.05, 3.63) is 58.3 Å². The van der Waals surface area contributed by atoms with E-state index in [4.69, 9.17) is 42.5 Å². The van der Waals surface area contributed by atoms with Gasteiger partial charge in [-0.15, -0.1) is 0 Å². The zero-order chi connectivity index (χ0) is 22.4. The van der Waals surface area contributed by atoms with Gasteiger partial charge in [0, 0.05) is 24.0 Å². The average Bonchev–Trinajstić information content (AvgIpc) is 2.79. The van der Waals surface area contributed by atoms with Crippen molar-refractivity contribution in [2.45, 2.75) is 0 Å². The topological polar surface area (TPSA) is 96.6 Å². The molecule has 0 aliphatic heterocycles. The fraction of sp³-hybridized carbons (Fsp3) is 0.182. The number of anilines is 2. The minimum absolute atomic E-state index is 0.0797. The molecule has 160 valence electrons. The lowest BCUT2D eigenvalue weighted by Crippen LogP contribution is -2.03. The summed E-state index contributed by atoms with van der Waals surface area (Å²) >= 11 is 12.6. The number of hydrogen-bond acceptors (Lipinski definition) is 7. The number of pyridine rings is 1. The second-order valence-corrected chi connectivity index (χ2v) is 7.07. The third-order valence-electron chi connectivity index (χ3n) is 4.39. The number of nitrogens with one attached hydrogen (secondary N) is 1. The minimum Gasteiger partial charge on any atom is -0.493 e. The number of rotatable bonds is 8. The van der Waals surface area contributed by atoms with Crippen LogP contribution in [0.5, 0.6) is 17.2 Å². The first kappa shape index (κ1) is 22.5. The van der Waals surface area contributed by atoms with Gasteiger partial charge in [-0.05, 0) is 23.8 Å². The summed E-state index contributed by atoms with van der Waals surface area (Å²) < 4.78 is 16.2. The molecule has 0 radical (unpaired) electrons. The Hall–Kier alpha value is -3.18. The quantitative estimate of drug-likeness (QED) is 0.485. The maximum Gasteiger partial charge on any atom is 0.161 e. The minimum atomic E-state index is -0.159. The Bertz CT molecular complexity index is 1130. The van der Waals surface area contributed by atoms with Gasteiger partial charge in [-0.25, -0.2) is 0 Å². The number of nitriles is 1. The number of ether oxygens (including phenoxy) is 3. The zero-order valence-electron chi connectivity index (χ0n) is 16.8. The molecule has 0 aliphatic rings. The Morgan fingerprint density at radius 2 is 1.81 bits per heavy atom. The van der Waals surface area contributed by atoms with E-state index in [1.807, 2.05) is 6.07 Å². The maximum absolute atomic E-state index is 9.65. The van der Waals surface area contributed by atoms with Crippen molar-refractivity contribution in [1.82, 2.24) is 4.98 Å². The molecule has 0 amide bonds. The van der Waals surface area contributed by atoms with E-state index in [2.05, 4.69) is 16.4 Å². The largest absolute Gasteiger partial charge is 0.493 e. The van der Waals surface area contributed by atoms with Crippen LogP contribution in [0.4, 0.5) is 11.4 Å². The lowest BCUT2D eigenvalue weighted by Gasteiger charge is -2.17. The van der Waals surface area contributed by atoms with Crippen LogP contribution in [0.1, 0.15) is 5.56 Å². The van der Waals surface area contributed by atoms with E-state index in [1.165, 1.54) is 12.3 Å². The van der Waals surface area contributed by atoms with Crippen LogP contribution in [-0.4, -0.2) is 37.5 Å². The summed E-state index contributed by atoms with van der Waals surface area (Å²) in [6.07, 6.45) is 3.09. The summed E-state index contributed by atoms with van der Waals surface area (Å²) in [6.45, 7) is -0.0789. The molecule has 7 nitrogen and oxygen atoms in total. The zero-order valence-corrected chi connectivity index (χ0v) is 18.3. The normalized spacial score (nSPS) is 10.3. The fourth-order valence-corrected chi connectivity index (χ4v) is 3.41. The highest BCUT2D eigenvalue weighted by Gasteiger charge is 2.16. The van der Waals surface area contributed by atoms with Gasteiger partial charge in [-0.1, -0.05) is 29.3 Å². The van der Waals surface area contributed by atoms with Gasteiger partial charge < -0.3 is 24.6 Å². The predicted molar refractivity (Wildman–Crippen MR) is 120 cm³/mol. The fourth-order valence-electron chi connectivity index (χ4n) is 2.93. The molecule has 0 atom stereocenters. The van der Waals surface area contributed by atoms with Crippen molar-refractivity contribution in [1.29, 1.82) is 5.26 Å². The van der Waals surface area contributed by atoms with Crippen LogP contribution in [0.15, 0.2) is 42.7 Å². The number of aliphatic hydroxyl groups excluding tert-OH is 1. The van der Waals surface area contributed by atoms with Crippen LogP contribution in [0.25, 0.3) is 11.1 Å². The standard InChI is InChI=1S/C22H19Cl2N3O4/c1-29-19-4-3-13(7-21(19)30-2)15-12-26-11-14(10-25)22(15)27-18-9-20(31-6-5-28)17(24)8-16(18)23/h3-4,7-9,11-12,28H,5-6H2,1-2H3,(H,26,27). The van der Waals surface area contributed by atoms with Gasteiger partial charge in [0.05, 0.1) is 47.8 Å². The first-order valence-electron chi connectivity index (χ1n) is 9.12. The van der Waals surface area contributed by atoms with Crippen molar-refractivity contribution in [3.63, 3.8) is 0 Å². The summed E-state index contributed by atoms with van der Waals surface area (Å²) in [5.41, 5.74) is 2.71. The number of methoxy groups -OCH3 is 2. The summed E-state index contributed by atoms with van der Waals surface area (Å²) in [4.78, 5) is 4.19. The Labute approximate surface area is 189 Å². The Morgan fingerprint density at radius 1 is 1.03 bits per heavy atom. The molecule has 1 heterocycles. The highest BCUT2D eigenvalue weighted by atomic mass is 35.5. The van der Waals surface area contributed by atoms with Crippen LogP contribution >= 0.6 is 23.2 Å². The van der Waals surface area contributed by atoms with Gasteiger partial charge >= 0.3 is 0 Å². The molecule has 0 saturated carbocycles. The molecule has 2 N–H and O–H groups in total. The molecule has 0 bridgehead atoms. The van der Waals surface area contributed by atoms with E-state index in [0.717, 1.165) is 5.56 Å². The van der Waals surface area contributed by atoms with Gasteiger partial charge in [0.15, 0.2) is 11.5 Å². The van der Waals surface area contributed by atoms with Crippen molar-refractivity contribution in [2.24, 2.45) is 0 Å². The Morgan fingerprint density at radius 3 is 2.48 bits per heavy atom. The van der Waals surface area contributed by atoms with Gasteiger partial charge in [-0.2, -0.15) is 5.26 Å². The van der Waals surface area contributed by atoms with Gasteiger partial charge in [0.25, 0.3) is 0 Å². The lowest BCUT2D eigenvalue weighted by molar-refractivity contribution is 0.201. The van der Waals surface area contributed by atoms with Crippen LogP contribution in [0.2, 0.25) is 10.0 Å². The van der Waals surface area contributed by atoms with E-state index in [-0.39, 0.29) is 13.2 Å². The molecule has 0 saturated heterocycles. The van der Waals surface area contributed by atoms with Gasteiger partial charge in [-0.3, -0.25) is 4.98 Å². The van der Waals surface area contributed by atoms with Crippen LogP contribution in [0.3, 0.4) is 0 Å². The number of aromatic nitrogens is 1. The lowest BCUT2D eigenvalue weighted by atomic mass is 10.0. The first-order valence-corrected chi connectivity index (χ1v) is 9.88. The van der Waals surface area contributed by atoms with Gasteiger partial charge in [0.1, 0.15) is 18.4 Å².